The van der Waals surface area contributed by atoms with E-state index in [1.165, 1.54) is 6.42 Å². The van der Waals surface area contributed by atoms with Crippen molar-refractivity contribution in [3.05, 3.63) is 29.8 Å². The molecule has 0 radical (unpaired) electrons. The molecule has 1 N–H and O–H groups in total. The van der Waals surface area contributed by atoms with E-state index in [0.29, 0.717) is 17.3 Å². The van der Waals surface area contributed by atoms with Crippen LogP contribution in [0, 0.1) is 12.3 Å². The van der Waals surface area contributed by atoms with Gasteiger partial charge in [-0.05, 0) is 37.3 Å². The van der Waals surface area contributed by atoms with Crippen LogP contribution in [0.25, 0.3) is 0 Å². The van der Waals surface area contributed by atoms with Crippen molar-refractivity contribution in [2.24, 2.45) is 5.41 Å². The molecule has 0 saturated heterocycles. The van der Waals surface area contributed by atoms with Crippen LogP contribution >= 0.6 is 11.6 Å². The molecule has 5 heteroatoms. The predicted molar refractivity (Wildman–Crippen MR) is 82.6 cm³/mol. The van der Waals surface area contributed by atoms with Crippen molar-refractivity contribution >= 4 is 21.6 Å². The average Bonchev–Trinajstić information content (AvgIpc) is 2.47. The van der Waals surface area contributed by atoms with Crippen LogP contribution < -0.4 is 4.72 Å². The SMILES string of the molecule is Cc1ccc(S(=O)(=O)NCC2(CCl)CCCCC2)cc1. The number of rotatable bonds is 5. The summed E-state index contributed by atoms with van der Waals surface area (Å²) in [4.78, 5) is 0.323. The topological polar surface area (TPSA) is 46.2 Å². The number of hydrogen-bond acceptors (Lipinski definition) is 2. The molecule has 0 heterocycles. The first-order chi connectivity index (χ1) is 9.47. The fraction of sp³-hybridized carbons (Fsp3) is 0.600. The highest BCUT2D eigenvalue weighted by atomic mass is 35.5. The molecule has 1 aliphatic carbocycles. The van der Waals surface area contributed by atoms with E-state index in [1.54, 1.807) is 12.1 Å². The van der Waals surface area contributed by atoms with Crippen LogP contribution in [0.3, 0.4) is 0 Å². The van der Waals surface area contributed by atoms with Crippen LogP contribution in [-0.4, -0.2) is 20.8 Å². The second-order valence-electron chi connectivity index (χ2n) is 5.83. The Bertz CT molecular complexity index is 533. The summed E-state index contributed by atoms with van der Waals surface area (Å²) >= 11 is 6.10. The number of hydrogen-bond donors (Lipinski definition) is 1. The summed E-state index contributed by atoms with van der Waals surface area (Å²) in [5, 5.41) is 0. The van der Waals surface area contributed by atoms with Crippen molar-refractivity contribution in [1.82, 2.24) is 4.72 Å². The number of benzene rings is 1. The third-order valence-corrected chi connectivity index (χ3v) is 6.15. The van der Waals surface area contributed by atoms with Gasteiger partial charge in [0, 0.05) is 12.4 Å². The molecule has 0 spiro atoms. The van der Waals surface area contributed by atoms with Gasteiger partial charge < -0.3 is 0 Å². The van der Waals surface area contributed by atoms with Gasteiger partial charge in [-0.15, -0.1) is 11.6 Å². The molecule has 112 valence electrons. The fourth-order valence-electron chi connectivity index (χ4n) is 2.71. The molecule has 1 saturated carbocycles. The first kappa shape index (κ1) is 15.8. The van der Waals surface area contributed by atoms with Crippen LogP contribution in [-0.2, 0) is 10.0 Å². The van der Waals surface area contributed by atoms with Gasteiger partial charge >= 0.3 is 0 Å². The number of sulfonamides is 1. The molecule has 1 aromatic carbocycles. The molecule has 0 atom stereocenters. The second-order valence-corrected chi connectivity index (χ2v) is 7.87. The van der Waals surface area contributed by atoms with Crippen LogP contribution in [0.4, 0.5) is 0 Å². The quantitative estimate of drug-likeness (QED) is 0.846. The van der Waals surface area contributed by atoms with Crippen LogP contribution in [0.1, 0.15) is 37.7 Å². The summed E-state index contributed by atoms with van der Waals surface area (Å²) in [5.74, 6) is 0.517. The molecule has 1 fully saturated rings. The highest BCUT2D eigenvalue weighted by molar-refractivity contribution is 7.89. The zero-order valence-corrected chi connectivity index (χ0v) is 13.4. The number of alkyl halides is 1. The first-order valence-electron chi connectivity index (χ1n) is 7.10. The van der Waals surface area contributed by atoms with Gasteiger partial charge in [0.1, 0.15) is 0 Å². The third kappa shape index (κ3) is 3.74. The highest BCUT2D eigenvalue weighted by Gasteiger charge is 2.32. The Kier molecular flexibility index (Phi) is 5.10. The number of aryl methyl sites for hydroxylation is 1. The Morgan fingerprint density at radius 2 is 1.75 bits per heavy atom. The van der Waals surface area contributed by atoms with E-state index >= 15 is 0 Å². The monoisotopic (exact) mass is 315 g/mol. The Hall–Kier alpha value is -0.580. The highest BCUT2D eigenvalue weighted by Crippen LogP contribution is 2.37. The van der Waals surface area contributed by atoms with E-state index in [0.717, 1.165) is 31.2 Å². The molecular formula is C15H22ClNO2S. The Balaban J connectivity index is 2.06. The summed E-state index contributed by atoms with van der Waals surface area (Å²) in [5.41, 5.74) is 0.978. The Labute approximate surface area is 126 Å². The van der Waals surface area contributed by atoms with Crippen molar-refractivity contribution < 1.29 is 8.42 Å². The van der Waals surface area contributed by atoms with Crippen molar-refractivity contribution in [3.63, 3.8) is 0 Å². The minimum absolute atomic E-state index is 0.0719. The lowest BCUT2D eigenvalue weighted by molar-refractivity contribution is 0.223. The van der Waals surface area contributed by atoms with E-state index in [1.807, 2.05) is 19.1 Å². The van der Waals surface area contributed by atoms with Crippen molar-refractivity contribution in [2.45, 2.75) is 43.9 Å². The lowest BCUT2D eigenvalue weighted by Gasteiger charge is -2.35. The maximum atomic E-state index is 12.3. The average molecular weight is 316 g/mol. The molecule has 1 aromatic rings. The van der Waals surface area contributed by atoms with E-state index in [2.05, 4.69) is 4.72 Å². The molecule has 2 rings (SSSR count). The van der Waals surface area contributed by atoms with E-state index in [9.17, 15) is 8.42 Å². The number of halogens is 1. The van der Waals surface area contributed by atoms with E-state index < -0.39 is 10.0 Å². The van der Waals surface area contributed by atoms with Gasteiger partial charge in [-0.25, -0.2) is 13.1 Å². The Morgan fingerprint density at radius 3 is 2.30 bits per heavy atom. The summed E-state index contributed by atoms with van der Waals surface area (Å²) in [6, 6.07) is 6.91. The second kappa shape index (κ2) is 6.46. The van der Waals surface area contributed by atoms with Gasteiger partial charge in [-0.2, -0.15) is 0 Å². The van der Waals surface area contributed by atoms with Gasteiger partial charge in [-0.3, -0.25) is 0 Å². The molecule has 0 aromatic heterocycles. The predicted octanol–water partition coefficient (Wildman–Crippen LogP) is 3.46. The zero-order valence-electron chi connectivity index (χ0n) is 11.9. The smallest absolute Gasteiger partial charge is 0.211 e. The molecule has 1 aliphatic rings. The van der Waals surface area contributed by atoms with E-state index in [4.69, 9.17) is 11.6 Å². The molecular weight excluding hydrogens is 294 g/mol. The molecule has 3 nitrogen and oxygen atoms in total. The zero-order chi connectivity index (χ0) is 14.6. The minimum atomic E-state index is -3.43. The van der Waals surface area contributed by atoms with E-state index in [-0.39, 0.29) is 5.41 Å². The van der Waals surface area contributed by atoms with Crippen molar-refractivity contribution in [1.29, 1.82) is 0 Å². The van der Waals surface area contributed by atoms with Crippen LogP contribution in [0.15, 0.2) is 29.2 Å². The first-order valence-corrected chi connectivity index (χ1v) is 9.12. The van der Waals surface area contributed by atoms with Crippen molar-refractivity contribution in [2.75, 3.05) is 12.4 Å². The maximum Gasteiger partial charge on any atom is 0.240 e. The lowest BCUT2D eigenvalue weighted by atomic mass is 9.76. The normalized spacial score (nSPS) is 18.9. The van der Waals surface area contributed by atoms with Gasteiger partial charge in [0.15, 0.2) is 0 Å². The molecule has 0 amide bonds. The third-order valence-electron chi connectivity index (χ3n) is 4.17. The van der Waals surface area contributed by atoms with Gasteiger partial charge in [0.2, 0.25) is 10.0 Å². The molecule has 0 bridgehead atoms. The van der Waals surface area contributed by atoms with Crippen LogP contribution in [0.2, 0.25) is 0 Å². The largest absolute Gasteiger partial charge is 0.240 e. The molecule has 0 unspecified atom stereocenters. The minimum Gasteiger partial charge on any atom is -0.211 e. The Morgan fingerprint density at radius 1 is 1.15 bits per heavy atom. The standard InChI is InChI=1S/C15H22ClNO2S/c1-13-5-7-14(8-6-13)20(18,19)17-12-15(11-16)9-3-2-4-10-15/h5-8,17H,2-4,9-12H2,1H3. The van der Waals surface area contributed by atoms with Gasteiger partial charge in [-0.1, -0.05) is 37.0 Å². The summed E-state index contributed by atoms with van der Waals surface area (Å²) < 4.78 is 27.3. The lowest BCUT2D eigenvalue weighted by Crippen LogP contribution is -2.40. The fourth-order valence-corrected chi connectivity index (χ4v) is 4.23. The summed E-state index contributed by atoms with van der Waals surface area (Å²) in [6.07, 6.45) is 5.52. The summed E-state index contributed by atoms with van der Waals surface area (Å²) in [7, 11) is -3.43. The molecule has 0 aliphatic heterocycles. The number of nitrogens with one attached hydrogen (secondary N) is 1. The maximum absolute atomic E-state index is 12.3. The van der Waals surface area contributed by atoms with Crippen LogP contribution in [0.5, 0.6) is 0 Å². The molecule has 20 heavy (non-hydrogen) atoms. The van der Waals surface area contributed by atoms with Crippen molar-refractivity contribution in [3.8, 4) is 0 Å². The summed E-state index contributed by atoms with van der Waals surface area (Å²) in [6.45, 7) is 2.38. The van der Waals surface area contributed by atoms with Gasteiger partial charge in [0.05, 0.1) is 4.90 Å². The van der Waals surface area contributed by atoms with Gasteiger partial charge in [0.25, 0.3) is 0 Å².